The standard InChI is InChI=1S/C18H22N2O3/c1-4-15(14-9-7-12(2)8-10-14)20-17(21)13(3)19-18(22)16-6-5-11-23-16/h5-11,13,15H,4H2,1-3H3,(H,19,22)(H,20,21). The van der Waals surface area contributed by atoms with Gasteiger partial charge in [-0.15, -0.1) is 0 Å². The highest BCUT2D eigenvalue weighted by Crippen LogP contribution is 2.17. The zero-order valence-electron chi connectivity index (χ0n) is 13.6. The van der Waals surface area contributed by atoms with Gasteiger partial charge in [-0.05, 0) is 38.0 Å². The Morgan fingerprint density at radius 1 is 1.13 bits per heavy atom. The van der Waals surface area contributed by atoms with Crippen molar-refractivity contribution in [3.05, 3.63) is 59.5 Å². The first kappa shape index (κ1) is 16.8. The molecule has 0 aliphatic heterocycles. The number of nitrogens with one attached hydrogen (secondary N) is 2. The predicted molar refractivity (Wildman–Crippen MR) is 88.0 cm³/mol. The van der Waals surface area contributed by atoms with Gasteiger partial charge in [0.15, 0.2) is 5.76 Å². The van der Waals surface area contributed by atoms with Crippen LogP contribution in [0.1, 0.15) is 48.0 Å². The summed E-state index contributed by atoms with van der Waals surface area (Å²) in [5, 5.41) is 5.60. The number of carbonyl (C=O) groups excluding carboxylic acids is 2. The van der Waals surface area contributed by atoms with E-state index < -0.39 is 11.9 Å². The average molecular weight is 314 g/mol. The number of carbonyl (C=O) groups is 2. The Labute approximate surface area is 136 Å². The van der Waals surface area contributed by atoms with Gasteiger partial charge in [-0.2, -0.15) is 0 Å². The van der Waals surface area contributed by atoms with Crippen LogP contribution in [0.25, 0.3) is 0 Å². The Balaban J connectivity index is 1.96. The predicted octanol–water partition coefficient (Wildman–Crippen LogP) is 2.97. The number of hydrogen-bond donors (Lipinski definition) is 2. The van der Waals surface area contributed by atoms with Crippen molar-refractivity contribution >= 4 is 11.8 Å². The number of benzene rings is 1. The molecule has 1 heterocycles. The number of rotatable bonds is 6. The van der Waals surface area contributed by atoms with Crippen molar-refractivity contribution < 1.29 is 14.0 Å². The smallest absolute Gasteiger partial charge is 0.287 e. The van der Waals surface area contributed by atoms with Crippen molar-refractivity contribution in [1.29, 1.82) is 0 Å². The van der Waals surface area contributed by atoms with Crippen molar-refractivity contribution in [2.75, 3.05) is 0 Å². The van der Waals surface area contributed by atoms with Gasteiger partial charge < -0.3 is 15.1 Å². The molecule has 5 nitrogen and oxygen atoms in total. The number of amides is 2. The molecule has 2 amide bonds. The molecule has 2 rings (SSSR count). The lowest BCUT2D eigenvalue weighted by Gasteiger charge is -2.21. The highest BCUT2D eigenvalue weighted by atomic mass is 16.3. The van der Waals surface area contributed by atoms with Crippen molar-refractivity contribution in [2.24, 2.45) is 0 Å². The Hall–Kier alpha value is -2.56. The maximum absolute atomic E-state index is 12.3. The third kappa shape index (κ3) is 4.45. The van der Waals surface area contributed by atoms with Crippen LogP contribution in [0.3, 0.4) is 0 Å². The molecule has 2 unspecified atom stereocenters. The molecule has 0 bridgehead atoms. The molecule has 0 aliphatic rings. The first-order chi connectivity index (χ1) is 11.0. The van der Waals surface area contributed by atoms with Gasteiger partial charge in [-0.3, -0.25) is 9.59 Å². The second-order valence-electron chi connectivity index (χ2n) is 5.55. The summed E-state index contributed by atoms with van der Waals surface area (Å²) in [6, 6.07) is 10.5. The third-order valence-electron chi connectivity index (χ3n) is 3.69. The van der Waals surface area contributed by atoms with E-state index in [4.69, 9.17) is 4.42 Å². The molecule has 0 aliphatic carbocycles. The Morgan fingerprint density at radius 3 is 2.39 bits per heavy atom. The molecule has 2 N–H and O–H groups in total. The van der Waals surface area contributed by atoms with E-state index in [1.165, 1.54) is 11.8 Å². The maximum atomic E-state index is 12.3. The normalized spacial score (nSPS) is 13.2. The molecule has 5 heteroatoms. The van der Waals surface area contributed by atoms with Crippen LogP contribution in [-0.4, -0.2) is 17.9 Å². The zero-order chi connectivity index (χ0) is 16.8. The quantitative estimate of drug-likeness (QED) is 0.861. The molecule has 2 aromatic rings. The summed E-state index contributed by atoms with van der Waals surface area (Å²) in [6.07, 6.45) is 2.19. The van der Waals surface area contributed by atoms with Crippen LogP contribution in [0.15, 0.2) is 47.1 Å². The average Bonchev–Trinajstić information content (AvgIpc) is 3.07. The molecule has 23 heavy (non-hydrogen) atoms. The lowest BCUT2D eigenvalue weighted by molar-refractivity contribution is -0.123. The Bertz CT molecular complexity index is 647. The molecule has 1 aromatic heterocycles. The number of furan rings is 1. The minimum absolute atomic E-state index is 0.0777. The topological polar surface area (TPSA) is 71.3 Å². The SMILES string of the molecule is CCC(NC(=O)C(C)NC(=O)c1ccco1)c1ccc(C)cc1. The second kappa shape index (κ2) is 7.63. The third-order valence-corrected chi connectivity index (χ3v) is 3.69. The monoisotopic (exact) mass is 314 g/mol. The summed E-state index contributed by atoms with van der Waals surface area (Å²) in [7, 11) is 0. The lowest BCUT2D eigenvalue weighted by Crippen LogP contribution is -2.45. The van der Waals surface area contributed by atoms with Gasteiger partial charge in [0.2, 0.25) is 5.91 Å². The van der Waals surface area contributed by atoms with E-state index >= 15 is 0 Å². The van der Waals surface area contributed by atoms with Gasteiger partial charge >= 0.3 is 0 Å². The summed E-state index contributed by atoms with van der Waals surface area (Å²) < 4.78 is 5.01. The fourth-order valence-electron chi connectivity index (χ4n) is 2.26. The zero-order valence-corrected chi connectivity index (χ0v) is 13.6. The van der Waals surface area contributed by atoms with Crippen LogP contribution in [0.5, 0.6) is 0 Å². The van der Waals surface area contributed by atoms with E-state index in [2.05, 4.69) is 10.6 Å². The van der Waals surface area contributed by atoms with Gasteiger partial charge in [-0.25, -0.2) is 0 Å². The largest absolute Gasteiger partial charge is 0.459 e. The van der Waals surface area contributed by atoms with Crippen LogP contribution in [-0.2, 0) is 4.79 Å². The highest BCUT2D eigenvalue weighted by molar-refractivity contribution is 5.95. The van der Waals surface area contributed by atoms with Gasteiger partial charge in [0.05, 0.1) is 12.3 Å². The first-order valence-corrected chi connectivity index (χ1v) is 7.72. The van der Waals surface area contributed by atoms with Crippen LogP contribution >= 0.6 is 0 Å². The van der Waals surface area contributed by atoms with Gasteiger partial charge in [0.25, 0.3) is 5.91 Å². The molecule has 2 atom stereocenters. The fourth-order valence-corrected chi connectivity index (χ4v) is 2.26. The summed E-state index contributed by atoms with van der Waals surface area (Å²) in [5.74, 6) is -0.436. The molecule has 0 saturated heterocycles. The van der Waals surface area contributed by atoms with E-state index in [-0.39, 0.29) is 17.7 Å². The molecular weight excluding hydrogens is 292 g/mol. The van der Waals surface area contributed by atoms with Crippen molar-refractivity contribution in [2.45, 2.75) is 39.3 Å². The molecule has 0 radical (unpaired) electrons. The summed E-state index contributed by atoms with van der Waals surface area (Å²) in [6.45, 7) is 5.69. The fraction of sp³-hybridized carbons (Fsp3) is 0.333. The molecule has 0 fully saturated rings. The van der Waals surface area contributed by atoms with E-state index in [0.717, 1.165) is 12.0 Å². The highest BCUT2D eigenvalue weighted by Gasteiger charge is 2.20. The van der Waals surface area contributed by atoms with Gasteiger partial charge in [0.1, 0.15) is 6.04 Å². The Morgan fingerprint density at radius 2 is 1.83 bits per heavy atom. The Kier molecular flexibility index (Phi) is 5.57. The van der Waals surface area contributed by atoms with E-state index in [1.54, 1.807) is 19.1 Å². The summed E-state index contributed by atoms with van der Waals surface area (Å²) >= 11 is 0. The van der Waals surface area contributed by atoms with Crippen LogP contribution in [0, 0.1) is 6.92 Å². The van der Waals surface area contributed by atoms with E-state index in [1.807, 2.05) is 38.1 Å². The number of aryl methyl sites for hydroxylation is 1. The molecular formula is C18H22N2O3. The van der Waals surface area contributed by atoms with Crippen molar-refractivity contribution in [3.8, 4) is 0 Å². The van der Waals surface area contributed by atoms with Crippen molar-refractivity contribution in [1.82, 2.24) is 10.6 Å². The number of hydrogen-bond acceptors (Lipinski definition) is 3. The van der Waals surface area contributed by atoms with E-state index in [9.17, 15) is 9.59 Å². The second-order valence-corrected chi connectivity index (χ2v) is 5.55. The van der Waals surface area contributed by atoms with Crippen LogP contribution in [0.4, 0.5) is 0 Å². The summed E-state index contributed by atoms with van der Waals surface area (Å²) in [5.41, 5.74) is 2.23. The molecule has 0 saturated carbocycles. The van der Waals surface area contributed by atoms with Gasteiger partial charge in [-0.1, -0.05) is 36.8 Å². The lowest BCUT2D eigenvalue weighted by atomic mass is 10.0. The van der Waals surface area contributed by atoms with Crippen LogP contribution in [0.2, 0.25) is 0 Å². The molecule has 122 valence electrons. The van der Waals surface area contributed by atoms with Crippen molar-refractivity contribution in [3.63, 3.8) is 0 Å². The minimum Gasteiger partial charge on any atom is -0.459 e. The minimum atomic E-state index is -0.646. The molecule has 1 aromatic carbocycles. The summed E-state index contributed by atoms with van der Waals surface area (Å²) in [4.78, 5) is 24.2. The van der Waals surface area contributed by atoms with E-state index in [0.29, 0.717) is 0 Å². The first-order valence-electron chi connectivity index (χ1n) is 7.72. The van der Waals surface area contributed by atoms with Gasteiger partial charge in [0, 0.05) is 0 Å². The maximum Gasteiger partial charge on any atom is 0.287 e. The van der Waals surface area contributed by atoms with Crippen LogP contribution < -0.4 is 10.6 Å². The molecule has 0 spiro atoms.